The van der Waals surface area contributed by atoms with Crippen LogP contribution in [0.15, 0.2) is 24.3 Å². The van der Waals surface area contributed by atoms with E-state index in [4.69, 9.17) is 0 Å². The Kier molecular flexibility index (Phi) is 4.83. The monoisotopic (exact) mass is 206 g/mol. The molecule has 0 saturated carbocycles. The van der Waals surface area contributed by atoms with E-state index in [9.17, 15) is 5.11 Å². The molecule has 1 rings (SSSR count). The minimum atomic E-state index is -0.288. The predicted octanol–water partition coefficient (Wildman–Crippen LogP) is 4.03. The average Bonchev–Trinajstić information content (AvgIpc) is 2.25. The molecular formula is C14H22O. The first-order valence-electron chi connectivity index (χ1n) is 5.93. The van der Waals surface area contributed by atoms with E-state index in [-0.39, 0.29) is 6.10 Å². The molecule has 1 aromatic rings. The van der Waals surface area contributed by atoms with E-state index in [2.05, 4.69) is 32.9 Å². The van der Waals surface area contributed by atoms with Crippen molar-refractivity contribution in [3.63, 3.8) is 0 Å². The summed E-state index contributed by atoms with van der Waals surface area (Å²) in [7, 11) is 0. The molecule has 0 fully saturated rings. The van der Waals surface area contributed by atoms with Crippen LogP contribution in [-0.4, -0.2) is 5.11 Å². The lowest BCUT2D eigenvalue weighted by molar-refractivity contribution is 0.163. The van der Waals surface area contributed by atoms with Crippen LogP contribution in [0.2, 0.25) is 0 Å². The predicted molar refractivity (Wildman–Crippen MR) is 65.0 cm³/mol. The van der Waals surface area contributed by atoms with Gasteiger partial charge in [0.05, 0.1) is 6.10 Å². The maximum absolute atomic E-state index is 10.1. The highest BCUT2D eigenvalue weighted by molar-refractivity contribution is 5.31. The van der Waals surface area contributed by atoms with Gasteiger partial charge < -0.3 is 5.11 Å². The number of hydrogen-bond donors (Lipinski definition) is 1. The molecule has 84 valence electrons. The Morgan fingerprint density at radius 2 is 1.73 bits per heavy atom. The SMILES string of the molecule is CCCCC(O)c1ccccc1C(C)C. The van der Waals surface area contributed by atoms with Crippen molar-refractivity contribution < 1.29 is 5.11 Å². The van der Waals surface area contributed by atoms with Gasteiger partial charge in [0, 0.05) is 0 Å². The van der Waals surface area contributed by atoms with Crippen molar-refractivity contribution in [1.82, 2.24) is 0 Å². The van der Waals surface area contributed by atoms with Gasteiger partial charge >= 0.3 is 0 Å². The molecule has 1 N–H and O–H groups in total. The highest BCUT2D eigenvalue weighted by Gasteiger charge is 2.12. The average molecular weight is 206 g/mol. The van der Waals surface area contributed by atoms with Gasteiger partial charge in [0.1, 0.15) is 0 Å². The van der Waals surface area contributed by atoms with Crippen LogP contribution in [0, 0.1) is 0 Å². The van der Waals surface area contributed by atoms with Gasteiger partial charge in [-0.05, 0) is 23.5 Å². The molecule has 0 saturated heterocycles. The molecule has 0 heterocycles. The molecule has 0 aliphatic heterocycles. The van der Waals surface area contributed by atoms with Gasteiger partial charge in [0.25, 0.3) is 0 Å². The Labute approximate surface area is 93.1 Å². The molecule has 0 aromatic heterocycles. The second kappa shape index (κ2) is 5.92. The normalized spacial score (nSPS) is 13.1. The van der Waals surface area contributed by atoms with Crippen LogP contribution in [0.4, 0.5) is 0 Å². The number of hydrogen-bond acceptors (Lipinski definition) is 1. The summed E-state index contributed by atoms with van der Waals surface area (Å²) in [4.78, 5) is 0. The smallest absolute Gasteiger partial charge is 0.0792 e. The lowest BCUT2D eigenvalue weighted by atomic mass is 9.92. The van der Waals surface area contributed by atoms with Crippen molar-refractivity contribution in [1.29, 1.82) is 0 Å². The fourth-order valence-electron chi connectivity index (χ4n) is 1.89. The lowest BCUT2D eigenvalue weighted by Gasteiger charge is -2.17. The minimum Gasteiger partial charge on any atom is -0.388 e. The van der Waals surface area contributed by atoms with Gasteiger partial charge in [-0.15, -0.1) is 0 Å². The van der Waals surface area contributed by atoms with E-state index in [1.807, 2.05) is 12.1 Å². The molecule has 1 nitrogen and oxygen atoms in total. The quantitative estimate of drug-likeness (QED) is 0.771. The first-order valence-corrected chi connectivity index (χ1v) is 5.93. The number of aliphatic hydroxyl groups is 1. The fraction of sp³-hybridized carbons (Fsp3) is 0.571. The molecular weight excluding hydrogens is 184 g/mol. The van der Waals surface area contributed by atoms with Gasteiger partial charge in [0.15, 0.2) is 0 Å². The zero-order valence-electron chi connectivity index (χ0n) is 10.0. The molecule has 1 heteroatoms. The van der Waals surface area contributed by atoms with Crippen molar-refractivity contribution >= 4 is 0 Å². The molecule has 1 unspecified atom stereocenters. The molecule has 0 aliphatic rings. The van der Waals surface area contributed by atoms with E-state index < -0.39 is 0 Å². The van der Waals surface area contributed by atoms with Gasteiger partial charge in [-0.2, -0.15) is 0 Å². The molecule has 0 aliphatic carbocycles. The molecule has 0 spiro atoms. The van der Waals surface area contributed by atoms with Crippen LogP contribution in [0.1, 0.15) is 63.2 Å². The molecule has 0 amide bonds. The number of benzene rings is 1. The largest absolute Gasteiger partial charge is 0.388 e. The summed E-state index contributed by atoms with van der Waals surface area (Å²) in [5.74, 6) is 0.484. The Morgan fingerprint density at radius 1 is 1.13 bits per heavy atom. The third-order valence-electron chi connectivity index (χ3n) is 2.81. The van der Waals surface area contributed by atoms with Crippen molar-refractivity contribution in [2.24, 2.45) is 0 Å². The Morgan fingerprint density at radius 3 is 2.27 bits per heavy atom. The van der Waals surface area contributed by atoms with E-state index in [1.165, 1.54) is 5.56 Å². The highest BCUT2D eigenvalue weighted by Crippen LogP contribution is 2.27. The maximum atomic E-state index is 10.1. The topological polar surface area (TPSA) is 20.2 Å². The summed E-state index contributed by atoms with van der Waals surface area (Å²) in [6, 6.07) is 8.23. The van der Waals surface area contributed by atoms with Crippen LogP contribution in [0.5, 0.6) is 0 Å². The van der Waals surface area contributed by atoms with Crippen molar-refractivity contribution in [2.45, 2.75) is 52.1 Å². The molecule has 1 aromatic carbocycles. The molecule has 1 atom stereocenters. The van der Waals surface area contributed by atoms with Crippen molar-refractivity contribution in [3.05, 3.63) is 35.4 Å². The third-order valence-corrected chi connectivity index (χ3v) is 2.81. The zero-order chi connectivity index (χ0) is 11.3. The van der Waals surface area contributed by atoms with Gasteiger partial charge in [-0.3, -0.25) is 0 Å². The number of rotatable bonds is 5. The first-order chi connectivity index (χ1) is 7.16. The first kappa shape index (κ1) is 12.3. The van der Waals surface area contributed by atoms with Gasteiger partial charge in [0.2, 0.25) is 0 Å². The van der Waals surface area contributed by atoms with Crippen molar-refractivity contribution in [2.75, 3.05) is 0 Å². The Hall–Kier alpha value is -0.820. The third kappa shape index (κ3) is 3.35. The van der Waals surface area contributed by atoms with E-state index >= 15 is 0 Å². The van der Waals surface area contributed by atoms with E-state index in [0.29, 0.717) is 5.92 Å². The highest BCUT2D eigenvalue weighted by atomic mass is 16.3. The summed E-state index contributed by atoms with van der Waals surface area (Å²) in [6.07, 6.45) is 2.82. The van der Waals surface area contributed by atoms with Gasteiger partial charge in [-0.25, -0.2) is 0 Å². The molecule has 0 radical (unpaired) electrons. The summed E-state index contributed by atoms with van der Waals surface area (Å²) >= 11 is 0. The molecule has 15 heavy (non-hydrogen) atoms. The zero-order valence-corrected chi connectivity index (χ0v) is 10.0. The number of unbranched alkanes of at least 4 members (excludes halogenated alkanes) is 1. The maximum Gasteiger partial charge on any atom is 0.0792 e. The Bertz CT molecular complexity index is 291. The molecule has 0 bridgehead atoms. The van der Waals surface area contributed by atoms with Crippen LogP contribution >= 0.6 is 0 Å². The van der Waals surface area contributed by atoms with Crippen molar-refractivity contribution in [3.8, 4) is 0 Å². The Balaban J connectivity index is 2.82. The summed E-state index contributed by atoms with van der Waals surface area (Å²) in [6.45, 7) is 6.50. The van der Waals surface area contributed by atoms with Crippen LogP contribution in [0.25, 0.3) is 0 Å². The fourth-order valence-corrected chi connectivity index (χ4v) is 1.89. The van der Waals surface area contributed by atoms with Crippen LogP contribution in [-0.2, 0) is 0 Å². The second-order valence-electron chi connectivity index (χ2n) is 4.44. The second-order valence-corrected chi connectivity index (χ2v) is 4.44. The lowest BCUT2D eigenvalue weighted by Crippen LogP contribution is -2.03. The van der Waals surface area contributed by atoms with E-state index in [1.54, 1.807) is 0 Å². The van der Waals surface area contributed by atoms with Crippen LogP contribution < -0.4 is 0 Å². The summed E-state index contributed by atoms with van der Waals surface area (Å²) < 4.78 is 0. The minimum absolute atomic E-state index is 0.288. The standard InChI is InChI=1S/C14H22O/c1-4-5-10-14(15)13-9-7-6-8-12(13)11(2)3/h6-9,11,14-15H,4-5,10H2,1-3H3. The number of aliphatic hydroxyl groups excluding tert-OH is 1. The summed E-state index contributed by atoms with van der Waals surface area (Å²) in [5.41, 5.74) is 2.39. The summed E-state index contributed by atoms with van der Waals surface area (Å²) in [5, 5.41) is 10.1. The van der Waals surface area contributed by atoms with E-state index in [0.717, 1.165) is 24.8 Å². The van der Waals surface area contributed by atoms with Crippen LogP contribution in [0.3, 0.4) is 0 Å². The van der Waals surface area contributed by atoms with Gasteiger partial charge in [-0.1, -0.05) is 57.9 Å².